The predicted octanol–water partition coefficient (Wildman–Crippen LogP) is 21.8. The maximum atomic E-state index is 13.0. The summed E-state index contributed by atoms with van der Waals surface area (Å²) in [5, 5.41) is 9.89. The van der Waals surface area contributed by atoms with E-state index in [1.807, 2.05) is 0 Å². The fourth-order valence-electron chi connectivity index (χ4n) is 10.0. The topological polar surface area (TPSA) is 155 Å². The van der Waals surface area contributed by atoms with Crippen molar-refractivity contribution in [1.82, 2.24) is 0 Å². The van der Waals surface area contributed by atoms with Gasteiger partial charge in [-0.05, 0) is 89.9 Å². The van der Waals surface area contributed by atoms with Crippen LogP contribution in [-0.2, 0) is 42.2 Å². The van der Waals surface area contributed by atoms with Crippen molar-refractivity contribution in [2.24, 2.45) is 0 Å². The smallest absolute Gasteiger partial charge is 0.462 e. The molecule has 0 aromatic rings. The molecule has 84 heavy (non-hydrogen) atoms. The van der Waals surface area contributed by atoms with Gasteiger partial charge in [0.05, 0.1) is 19.8 Å². The fourth-order valence-corrected chi connectivity index (χ4v) is 10.8. The number of phosphoric ester groups is 1. The molecule has 12 heteroatoms. The molecule has 3 unspecified atom stereocenters. The number of allylic oxidation sites excluding steroid dienone is 10. The van der Waals surface area contributed by atoms with E-state index < -0.39 is 57.8 Å². The van der Waals surface area contributed by atoms with Crippen LogP contribution in [0.15, 0.2) is 60.8 Å². The lowest BCUT2D eigenvalue weighted by molar-refractivity contribution is -0.161. The number of phosphoric acid groups is 1. The van der Waals surface area contributed by atoms with Crippen molar-refractivity contribution in [3.05, 3.63) is 60.8 Å². The summed E-state index contributed by atoms with van der Waals surface area (Å²) < 4.78 is 39.8. The summed E-state index contributed by atoms with van der Waals surface area (Å²) in [6.07, 6.45) is 75.9. The summed E-state index contributed by atoms with van der Waals surface area (Å²) in [5.41, 5.74) is 0. The molecule has 490 valence electrons. The number of hydrogen-bond donors (Lipinski definition) is 2. The highest BCUT2D eigenvalue weighted by atomic mass is 31.2. The molecule has 0 aromatic heterocycles. The predicted molar refractivity (Wildman–Crippen MR) is 353 cm³/mol. The summed E-state index contributed by atoms with van der Waals surface area (Å²) in [4.78, 5) is 48.9. The average molecular weight is 1200 g/mol. The molecule has 0 rings (SSSR count). The second-order valence-corrected chi connectivity index (χ2v) is 25.2. The molecule has 0 aliphatic rings. The number of unbranched alkanes of at least 4 members (excludes halogenated alkanes) is 39. The van der Waals surface area contributed by atoms with Crippen molar-refractivity contribution in [3.8, 4) is 0 Å². The number of rotatable bonds is 66. The van der Waals surface area contributed by atoms with Crippen molar-refractivity contribution in [2.45, 2.75) is 354 Å². The van der Waals surface area contributed by atoms with Gasteiger partial charge in [0.1, 0.15) is 12.7 Å². The lowest BCUT2D eigenvalue weighted by Crippen LogP contribution is -2.30. The lowest BCUT2D eigenvalue weighted by Gasteiger charge is -2.21. The van der Waals surface area contributed by atoms with Crippen molar-refractivity contribution in [1.29, 1.82) is 0 Å². The van der Waals surface area contributed by atoms with Crippen molar-refractivity contribution < 1.29 is 52.2 Å². The Bertz CT molecular complexity index is 1640. The third kappa shape index (κ3) is 63.7. The molecule has 0 heterocycles. The van der Waals surface area contributed by atoms with Gasteiger partial charge in [-0.3, -0.25) is 23.4 Å². The van der Waals surface area contributed by atoms with Crippen LogP contribution in [0.4, 0.5) is 0 Å². The summed E-state index contributed by atoms with van der Waals surface area (Å²) in [6, 6.07) is 0. The zero-order valence-corrected chi connectivity index (χ0v) is 55.5. The minimum Gasteiger partial charge on any atom is -0.462 e. The Balaban J connectivity index is 4.67. The molecule has 0 aromatic carbocycles. The first kappa shape index (κ1) is 81.2. The summed E-state index contributed by atoms with van der Waals surface area (Å²) in [7, 11) is -4.76. The number of carbonyl (C=O) groups excluding carboxylic acids is 3. The Hall–Kier alpha value is -2.82. The minimum absolute atomic E-state index is 0.153. The zero-order valence-electron chi connectivity index (χ0n) is 54.6. The van der Waals surface area contributed by atoms with Gasteiger partial charge in [0.2, 0.25) is 0 Å². The quantitative estimate of drug-likeness (QED) is 0.0197. The van der Waals surface area contributed by atoms with E-state index in [1.165, 1.54) is 180 Å². The minimum atomic E-state index is -4.76. The van der Waals surface area contributed by atoms with Crippen LogP contribution < -0.4 is 0 Å². The highest BCUT2D eigenvalue weighted by Gasteiger charge is 2.28. The monoisotopic (exact) mass is 1200 g/mol. The first-order valence-corrected chi connectivity index (χ1v) is 36.7. The molecule has 0 saturated carbocycles. The van der Waals surface area contributed by atoms with Crippen LogP contribution in [-0.4, -0.2) is 66.5 Å². The van der Waals surface area contributed by atoms with Gasteiger partial charge >= 0.3 is 25.7 Å². The van der Waals surface area contributed by atoms with E-state index in [1.54, 1.807) is 0 Å². The van der Waals surface area contributed by atoms with Crippen LogP contribution in [0.2, 0.25) is 0 Å². The van der Waals surface area contributed by atoms with Crippen molar-refractivity contribution in [3.63, 3.8) is 0 Å². The molecule has 2 N–H and O–H groups in total. The Morgan fingerprint density at radius 2 is 0.583 bits per heavy atom. The molecule has 0 aliphatic heterocycles. The van der Waals surface area contributed by atoms with Crippen molar-refractivity contribution in [2.75, 3.05) is 26.4 Å². The largest absolute Gasteiger partial charge is 0.472 e. The molecule has 11 nitrogen and oxygen atoms in total. The third-order valence-corrected chi connectivity index (χ3v) is 16.4. The molecule has 0 bridgehead atoms. The molecule has 0 aliphatic carbocycles. The second kappa shape index (κ2) is 66.1. The second-order valence-electron chi connectivity index (χ2n) is 23.7. The first-order valence-electron chi connectivity index (χ1n) is 35.2. The standard InChI is InChI=1S/C72H131O11P/c1-4-7-10-13-16-19-22-25-28-31-34-37-40-43-46-49-52-55-58-61-70(74)79-65-69(83-72(76)63-60-57-54-51-48-45-42-39-36-33-30-27-24-21-18-15-12-9-6-3)67-81-84(77,78)80-66-68(64-73)82-71(75)62-59-56-53-50-47-44-41-38-35-32-29-26-23-20-17-14-11-8-5-2/h16,18-19,21,25,27-28,30,36,39,68-69,73H,4-15,17,20,22-24,26,29,31-35,37-38,40-67H2,1-3H3,(H,77,78)/b19-16-,21-18-,28-25-,30-27-,39-36-. The number of ether oxygens (including phenoxy) is 3. The Morgan fingerprint density at radius 3 is 0.917 bits per heavy atom. The van der Waals surface area contributed by atoms with E-state index in [-0.39, 0.29) is 25.9 Å². The molecular formula is C72H131O11P. The van der Waals surface area contributed by atoms with Crippen LogP contribution in [0.25, 0.3) is 0 Å². The third-order valence-electron chi connectivity index (χ3n) is 15.4. The van der Waals surface area contributed by atoms with Crippen LogP contribution in [0.5, 0.6) is 0 Å². The van der Waals surface area contributed by atoms with Gasteiger partial charge in [-0.1, -0.05) is 293 Å². The van der Waals surface area contributed by atoms with E-state index in [9.17, 15) is 28.9 Å². The highest BCUT2D eigenvalue weighted by Crippen LogP contribution is 2.43. The number of hydrogen-bond acceptors (Lipinski definition) is 10. The highest BCUT2D eigenvalue weighted by molar-refractivity contribution is 7.47. The van der Waals surface area contributed by atoms with Crippen LogP contribution in [0.3, 0.4) is 0 Å². The molecule has 0 fully saturated rings. The average Bonchev–Trinajstić information content (AvgIpc) is 3.53. The number of aliphatic hydroxyl groups excluding tert-OH is 1. The maximum Gasteiger partial charge on any atom is 0.472 e. The van der Waals surface area contributed by atoms with Gasteiger partial charge in [-0.2, -0.15) is 0 Å². The molecular weight excluding hydrogens is 1070 g/mol. The number of carbonyl (C=O) groups is 3. The van der Waals surface area contributed by atoms with Crippen molar-refractivity contribution >= 4 is 25.7 Å². The molecule has 0 amide bonds. The van der Waals surface area contributed by atoms with Gasteiger partial charge < -0.3 is 24.2 Å². The lowest BCUT2D eigenvalue weighted by atomic mass is 10.0. The van der Waals surface area contributed by atoms with Gasteiger partial charge in [-0.15, -0.1) is 0 Å². The Morgan fingerprint density at radius 1 is 0.333 bits per heavy atom. The molecule has 0 saturated heterocycles. The van der Waals surface area contributed by atoms with Gasteiger partial charge in [0.15, 0.2) is 6.10 Å². The van der Waals surface area contributed by atoms with E-state index in [4.69, 9.17) is 23.3 Å². The SMILES string of the molecule is CCCCC/C=C\C/C=C\C/C=C\CCCCCCCCC(=O)OC(COC(=O)CCCCCCCCCCC/C=C\C/C=C\CCCCC)COP(=O)(O)OCC(CO)OC(=O)CCCCCCCCCCCCCCCCCCCCC. The van der Waals surface area contributed by atoms with Crippen LogP contribution >= 0.6 is 7.82 Å². The van der Waals surface area contributed by atoms with Gasteiger partial charge in [0.25, 0.3) is 0 Å². The summed E-state index contributed by atoms with van der Waals surface area (Å²) in [5.74, 6) is -1.46. The van der Waals surface area contributed by atoms with E-state index in [0.29, 0.717) is 19.3 Å². The first-order chi connectivity index (χ1) is 41.2. The summed E-state index contributed by atoms with van der Waals surface area (Å²) >= 11 is 0. The Kier molecular flexibility index (Phi) is 63.9. The molecule has 3 atom stereocenters. The maximum absolute atomic E-state index is 13.0. The van der Waals surface area contributed by atoms with E-state index in [0.717, 1.165) is 103 Å². The van der Waals surface area contributed by atoms with Gasteiger partial charge in [-0.25, -0.2) is 4.57 Å². The Labute approximate surface area is 516 Å². The normalized spacial score (nSPS) is 13.5. The zero-order chi connectivity index (χ0) is 61.2. The van der Waals surface area contributed by atoms with Gasteiger partial charge in [0, 0.05) is 19.3 Å². The molecule has 0 radical (unpaired) electrons. The van der Waals surface area contributed by atoms with E-state index >= 15 is 0 Å². The van der Waals surface area contributed by atoms with E-state index in [2.05, 4.69) is 81.5 Å². The number of aliphatic hydroxyl groups is 1. The fraction of sp³-hybridized carbons (Fsp3) is 0.819. The number of esters is 3. The van der Waals surface area contributed by atoms with Crippen LogP contribution in [0.1, 0.15) is 342 Å². The molecule has 0 spiro atoms. The van der Waals surface area contributed by atoms with Crippen LogP contribution in [0, 0.1) is 0 Å². The summed E-state index contributed by atoms with van der Waals surface area (Å²) in [6.45, 7) is 4.65.